The molecule has 1 heterocycles. The highest BCUT2D eigenvalue weighted by atomic mass is 79.9. The second kappa shape index (κ2) is 5.58. The van der Waals surface area contributed by atoms with Crippen molar-refractivity contribution < 1.29 is 9.18 Å². The summed E-state index contributed by atoms with van der Waals surface area (Å²) in [6.07, 6.45) is 1.72. The molecule has 1 aromatic carbocycles. The van der Waals surface area contributed by atoms with Gasteiger partial charge in [-0.3, -0.25) is 4.79 Å². The number of carbonyl (C=O) groups excluding carboxylic acids is 1. The molecule has 0 spiro atoms. The van der Waals surface area contributed by atoms with Crippen molar-refractivity contribution in [3.63, 3.8) is 0 Å². The molecule has 0 aliphatic rings. The van der Waals surface area contributed by atoms with Gasteiger partial charge in [0.15, 0.2) is 0 Å². The molecule has 0 saturated carbocycles. The van der Waals surface area contributed by atoms with E-state index in [0.717, 1.165) is 9.88 Å². The third-order valence-corrected chi connectivity index (χ3v) is 3.87. The van der Waals surface area contributed by atoms with Crippen LogP contribution in [-0.2, 0) is 6.54 Å². The summed E-state index contributed by atoms with van der Waals surface area (Å²) in [5.41, 5.74) is 0.288. The van der Waals surface area contributed by atoms with Gasteiger partial charge in [-0.05, 0) is 41.1 Å². The van der Waals surface area contributed by atoms with Crippen LogP contribution in [0.3, 0.4) is 0 Å². The number of aromatic nitrogens is 1. The van der Waals surface area contributed by atoms with E-state index in [-0.39, 0.29) is 11.5 Å². The van der Waals surface area contributed by atoms with Crippen LogP contribution in [0.15, 0.2) is 28.9 Å². The highest BCUT2D eigenvalue weighted by Gasteiger charge is 2.11. The van der Waals surface area contributed by atoms with Gasteiger partial charge in [0, 0.05) is 15.5 Å². The lowest BCUT2D eigenvalue weighted by Gasteiger charge is -2.05. The van der Waals surface area contributed by atoms with Crippen molar-refractivity contribution in [2.24, 2.45) is 0 Å². The van der Waals surface area contributed by atoms with Crippen LogP contribution >= 0.6 is 27.3 Å². The molecule has 2 aromatic rings. The van der Waals surface area contributed by atoms with Crippen LogP contribution in [0.5, 0.6) is 0 Å². The maximum Gasteiger partial charge on any atom is 0.252 e. The lowest BCUT2D eigenvalue weighted by atomic mass is 10.2. The summed E-state index contributed by atoms with van der Waals surface area (Å²) in [6, 6.07) is 4.02. The number of benzene rings is 1. The molecular weight excluding hydrogens is 319 g/mol. The normalized spacial score (nSPS) is 10.4. The molecule has 1 amide bonds. The number of nitrogens with one attached hydrogen (secondary N) is 1. The Bertz CT molecular complexity index is 585. The van der Waals surface area contributed by atoms with Gasteiger partial charge in [-0.25, -0.2) is 9.37 Å². The summed E-state index contributed by atoms with van der Waals surface area (Å²) in [6.45, 7) is 2.30. The van der Waals surface area contributed by atoms with Gasteiger partial charge in [-0.2, -0.15) is 0 Å². The molecule has 94 valence electrons. The Hall–Kier alpha value is -1.27. The predicted octanol–water partition coefficient (Wildman–Crippen LogP) is 3.28. The third kappa shape index (κ3) is 3.14. The molecule has 0 fully saturated rings. The maximum absolute atomic E-state index is 13.1. The summed E-state index contributed by atoms with van der Waals surface area (Å²) in [7, 11) is 0. The molecule has 0 unspecified atom stereocenters. The lowest BCUT2D eigenvalue weighted by molar-refractivity contribution is 0.0950. The Kier molecular flexibility index (Phi) is 4.08. The fourth-order valence-corrected chi connectivity index (χ4v) is 2.58. The lowest BCUT2D eigenvalue weighted by Crippen LogP contribution is -2.22. The van der Waals surface area contributed by atoms with Crippen LogP contribution in [0.25, 0.3) is 0 Å². The van der Waals surface area contributed by atoms with Gasteiger partial charge >= 0.3 is 0 Å². The van der Waals surface area contributed by atoms with Gasteiger partial charge in [-0.15, -0.1) is 11.3 Å². The first-order valence-electron chi connectivity index (χ1n) is 5.21. The quantitative estimate of drug-likeness (QED) is 0.939. The first-order valence-corrected chi connectivity index (χ1v) is 6.82. The number of aryl methyl sites for hydroxylation is 1. The molecule has 0 saturated heterocycles. The Morgan fingerprint density at radius 3 is 3.00 bits per heavy atom. The number of rotatable bonds is 3. The molecule has 6 heteroatoms. The minimum Gasteiger partial charge on any atom is -0.347 e. The molecule has 0 bridgehead atoms. The molecule has 1 aromatic heterocycles. The monoisotopic (exact) mass is 328 g/mol. The topological polar surface area (TPSA) is 42.0 Å². The van der Waals surface area contributed by atoms with Crippen molar-refractivity contribution in [1.29, 1.82) is 0 Å². The van der Waals surface area contributed by atoms with Gasteiger partial charge < -0.3 is 5.32 Å². The standard InChI is InChI=1S/C12H10BrFN2OS/c1-7-15-5-9(18-7)6-16-12(17)10-4-8(14)2-3-11(10)13/h2-5H,6H2,1H3,(H,16,17). The highest BCUT2D eigenvalue weighted by Crippen LogP contribution is 2.18. The van der Waals surface area contributed by atoms with Crippen LogP contribution < -0.4 is 5.32 Å². The van der Waals surface area contributed by atoms with Crippen molar-refractivity contribution in [1.82, 2.24) is 10.3 Å². The fourth-order valence-electron chi connectivity index (χ4n) is 1.42. The molecule has 3 nitrogen and oxygen atoms in total. The third-order valence-electron chi connectivity index (χ3n) is 2.27. The fraction of sp³-hybridized carbons (Fsp3) is 0.167. The Labute approximate surface area is 116 Å². The van der Waals surface area contributed by atoms with E-state index >= 15 is 0 Å². The molecule has 0 atom stereocenters. The van der Waals surface area contributed by atoms with Gasteiger partial charge in [0.05, 0.1) is 17.1 Å². The first-order chi connectivity index (χ1) is 8.56. The minimum atomic E-state index is -0.433. The Morgan fingerprint density at radius 2 is 2.33 bits per heavy atom. The molecule has 0 aliphatic heterocycles. The summed E-state index contributed by atoms with van der Waals surface area (Å²) >= 11 is 4.74. The largest absolute Gasteiger partial charge is 0.347 e. The summed E-state index contributed by atoms with van der Waals surface area (Å²) in [4.78, 5) is 16.9. The number of thiazole rings is 1. The SMILES string of the molecule is Cc1ncc(CNC(=O)c2cc(F)ccc2Br)s1. The Morgan fingerprint density at radius 1 is 1.56 bits per heavy atom. The van der Waals surface area contributed by atoms with Crippen molar-refractivity contribution in [2.45, 2.75) is 13.5 Å². The number of hydrogen-bond acceptors (Lipinski definition) is 3. The molecule has 0 radical (unpaired) electrons. The van der Waals surface area contributed by atoms with E-state index < -0.39 is 5.82 Å². The van der Waals surface area contributed by atoms with Crippen molar-refractivity contribution in [2.75, 3.05) is 0 Å². The van der Waals surface area contributed by atoms with E-state index in [9.17, 15) is 9.18 Å². The van der Waals surface area contributed by atoms with E-state index in [0.29, 0.717) is 11.0 Å². The minimum absolute atomic E-state index is 0.288. The summed E-state index contributed by atoms with van der Waals surface area (Å²) in [5.74, 6) is -0.746. The maximum atomic E-state index is 13.1. The van der Waals surface area contributed by atoms with Crippen LogP contribution in [0.1, 0.15) is 20.2 Å². The smallest absolute Gasteiger partial charge is 0.252 e. The first kappa shape index (κ1) is 13.2. The average Bonchev–Trinajstić information content (AvgIpc) is 2.75. The number of nitrogens with zero attached hydrogens (tertiary/aromatic N) is 1. The van der Waals surface area contributed by atoms with E-state index in [1.54, 1.807) is 6.20 Å². The van der Waals surface area contributed by atoms with Gasteiger partial charge in [0.1, 0.15) is 5.82 Å². The average molecular weight is 329 g/mol. The van der Waals surface area contributed by atoms with Crippen LogP contribution in [0, 0.1) is 12.7 Å². The number of hydrogen-bond donors (Lipinski definition) is 1. The molecular formula is C12H10BrFN2OS. The van der Waals surface area contributed by atoms with Gasteiger partial charge in [0.2, 0.25) is 0 Å². The molecule has 2 rings (SSSR count). The van der Waals surface area contributed by atoms with Crippen molar-refractivity contribution in [3.05, 3.63) is 50.1 Å². The number of carbonyl (C=O) groups is 1. The van der Waals surface area contributed by atoms with E-state index in [2.05, 4.69) is 26.2 Å². The van der Waals surface area contributed by atoms with Crippen LogP contribution in [-0.4, -0.2) is 10.9 Å². The highest BCUT2D eigenvalue weighted by molar-refractivity contribution is 9.10. The second-order valence-electron chi connectivity index (χ2n) is 3.65. The summed E-state index contributed by atoms with van der Waals surface area (Å²) < 4.78 is 13.6. The second-order valence-corrected chi connectivity index (χ2v) is 5.83. The zero-order valence-electron chi connectivity index (χ0n) is 9.54. The number of halogens is 2. The van der Waals surface area contributed by atoms with E-state index in [1.807, 2.05) is 6.92 Å². The van der Waals surface area contributed by atoms with E-state index in [1.165, 1.54) is 29.5 Å². The number of amides is 1. The molecule has 1 N–H and O–H groups in total. The molecule has 0 aliphatic carbocycles. The van der Waals surface area contributed by atoms with Gasteiger partial charge in [0.25, 0.3) is 5.91 Å². The van der Waals surface area contributed by atoms with Crippen molar-refractivity contribution >= 4 is 33.2 Å². The molecule has 18 heavy (non-hydrogen) atoms. The Balaban J connectivity index is 2.05. The zero-order valence-corrected chi connectivity index (χ0v) is 11.9. The van der Waals surface area contributed by atoms with E-state index in [4.69, 9.17) is 0 Å². The van der Waals surface area contributed by atoms with Crippen LogP contribution in [0.4, 0.5) is 4.39 Å². The van der Waals surface area contributed by atoms with Crippen molar-refractivity contribution in [3.8, 4) is 0 Å². The predicted molar refractivity (Wildman–Crippen MR) is 72.1 cm³/mol. The zero-order chi connectivity index (χ0) is 13.1. The van der Waals surface area contributed by atoms with Crippen LogP contribution in [0.2, 0.25) is 0 Å². The summed E-state index contributed by atoms with van der Waals surface area (Å²) in [5, 5.41) is 3.68. The van der Waals surface area contributed by atoms with Gasteiger partial charge in [-0.1, -0.05) is 0 Å².